The standard InChI is InChI=1S/C9H16N2O5/c1-9(2,10-3)8(16)11(4-6(12)13)5-7(14)15/h10H,4-5H2,1-3H3,(H,12,13)(H,14,15). The van der Waals surface area contributed by atoms with Gasteiger partial charge in [-0.25, -0.2) is 0 Å². The van der Waals surface area contributed by atoms with Crippen LogP contribution in [0.2, 0.25) is 0 Å². The van der Waals surface area contributed by atoms with E-state index in [9.17, 15) is 14.4 Å². The fourth-order valence-corrected chi connectivity index (χ4v) is 1.03. The molecule has 0 aliphatic rings. The Morgan fingerprint density at radius 1 is 1.12 bits per heavy atom. The fourth-order valence-electron chi connectivity index (χ4n) is 1.03. The van der Waals surface area contributed by atoms with Crippen molar-refractivity contribution in [2.75, 3.05) is 20.1 Å². The number of nitrogens with one attached hydrogen (secondary N) is 1. The highest BCUT2D eigenvalue weighted by Crippen LogP contribution is 2.07. The summed E-state index contributed by atoms with van der Waals surface area (Å²) in [7, 11) is 1.54. The summed E-state index contributed by atoms with van der Waals surface area (Å²) in [5.41, 5.74) is -0.995. The Bertz CT molecular complexity index is 284. The Morgan fingerprint density at radius 2 is 1.50 bits per heavy atom. The van der Waals surface area contributed by atoms with Crippen molar-refractivity contribution in [3.8, 4) is 0 Å². The van der Waals surface area contributed by atoms with E-state index >= 15 is 0 Å². The number of rotatable bonds is 6. The van der Waals surface area contributed by atoms with Crippen LogP contribution in [-0.2, 0) is 14.4 Å². The molecule has 0 heterocycles. The molecule has 7 nitrogen and oxygen atoms in total. The van der Waals surface area contributed by atoms with Crippen LogP contribution in [-0.4, -0.2) is 58.6 Å². The third kappa shape index (κ3) is 4.26. The first-order chi connectivity index (χ1) is 7.20. The first-order valence-corrected chi connectivity index (χ1v) is 4.62. The molecule has 0 fully saturated rings. The topological polar surface area (TPSA) is 107 Å². The first-order valence-electron chi connectivity index (χ1n) is 4.62. The lowest BCUT2D eigenvalue weighted by Gasteiger charge is -2.29. The number of hydrogen-bond donors (Lipinski definition) is 3. The predicted molar refractivity (Wildman–Crippen MR) is 55.0 cm³/mol. The molecule has 92 valence electrons. The van der Waals surface area contributed by atoms with E-state index < -0.39 is 36.5 Å². The van der Waals surface area contributed by atoms with Gasteiger partial charge in [-0.2, -0.15) is 0 Å². The minimum absolute atomic E-state index is 0.570. The largest absolute Gasteiger partial charge is 0.480 e. The van der Waals surface area contributed by atoms with E-state index in [2.05, 4.69) is 5.32 Å². The lowest BCUT2D eigenvalue weighted by molar-refractivity contribution is -0.151. The molecule has 0 aromatic rings. The van der Waals surface area contributed by atoms with Gasteiger partial charge in [0, 0.05) is 0 Å². The van der Waals surface area contributed by atoms with Crippen LogP contribution in [0.1, 0.15) is 13.8 Å². The van der Waals surface area contributed by atoms with Crippen molar-refractivity contribution in [3.63, 3.8) is 0 Å². The molecular weight excluding hydrogens is 216 g/mol. The lowest BCUT2D eigenvalue weighted by atomic mass is 10.0. The minimum Gasteiger partial charge on any atom is -0.480 e. The predicted octanol–water partition coefficient (Wildman–Crippen LogP) is -1.02. The number of nitrogens with zero attached hydrogens (tertiary/aromatic N) is 1. The number of carbonyl (C=O) groups is 3. The molecular formula is C9H16N2O5. The maximum atomic E-state index is 11.8. The van der Waals surface area contributed by atoms with Crippen LogP contribution in [0.4, 0.5) is 0 Å². The number of likely N-dealkylation sites (N-methyl/N-ethyl adjacent to an activating group) is 1. The highest BCUT2D eigenvalue weighted by Gasteiger charge is 2.32. The smallest absolute Gasteiger partial charge is 0.323 e. The summed E-state index contributed by atoms with van der Waals surface area (Å²) in [6.07, 6.45) is 0. The van der Waals surface area contributed by atoms with Crippen LogP contribution in [0.15, 0.2) is 0 Å². The second-order valence-electron chi connectivity index (χ2n) is 3.82. The summed E-state index contributed by atoms with van der Waals surface area (Å²) in [5, 5.41) is 19.8. The Hall–Kier alpha value is -1.63. The molecule has 3 N–H and O–H groups in total. The maximum absolute atomic E-state index is 11.8. The van der Waals surface area contributed by atoms with Gasteiger partial charge in [0.05, 0.1) is 5.54 Å². The molecule has 0 saturated carbocycles. The van der Waals surface area contributed by atoms with Gasteiger partial charge >= 0.3 is 11.9 Å². The molecule has 0 aromatic heterocycles. The van der Waals surface area contributed by atoms with Crippen LogP contribution in [0.5, 0.6) is 0 Å². The van der Waals surface area contributed by atoms with Gasteiger partial charge in [-0.1, -0.05) is 0 Å². The molecule has 0 rings (SSSR count). The van der Waals surface area contributed by atoms with Crippen LogP contribution < -0.4 is 5.32 Å². The molecule has 0 aromatic carbocycles. The zero-order valence-corrected chi connectivity index (χ0v) is 9.48. The number of carbonyl (C=O) groups excluding carboxylic acids is 1. The van der Waals surface area contributed by atoms with Gasteiger partial charge in [0.2, 0.25) is 5.91 Å². The van der Waals surface area contributed by atoms with Crippen molar-refractivity contribution in [2.24, 2.45) is 0 Å². The fraction of sp³-hybridized carbons (Fsp3) is 0.667. The van der Waals surface area contributed by atoms with E-state index in [1.165, 1.54) is 7.05 Å². The number of hydrogen-bond acceptors (Lipinski definition) is 4. The monoisotopic (exact) mass is 232 g/mol. The number of carboxylic acid groups (broad SMARTS) is 2. The summed E-state index contributed by atoms with van der Waals surface area (Å²) in [6, 6.07) is 0. The highest BCUT2D eigenvalue weighted by atomic mass is 16.4. The van der Waals surface area contributed by atoms with Gasteiger partial charge in [-0.15, -0.1) is 0 Å². The third-order valence-electron chi connectivity index (χ3n) is 2.10. The summed E-state index contributed by atoms with van der Waals surface area (Å²) in [4.78, 5) is 33.6. The second kappa shape index (κ2) is 5.45. The van der Waals surface area contributed by atoms with Gasteiger partial charge in [0.1, 0.15) is 13.1 Å². The van der Waals surface area contributed by atoms with Crippen molar-refractivity contribution < 1.29 is 24.6 Å². The molecule has 0 atom stereocenters. The minimum atomic E-state index is -1.25. The van der Waals surface area contributed by atoms with Crippen LogP contribution in [0, 0.1) is 0 Å². The van der Waals surface area contributed by atoms with E-state index in [0.29, 0.717) is 0 Å². The van der Waals surface area contributed by atoms with Crippen molar-refractivity contribution in [3.05, 3.63) is 0 Å². The lowest BCUT2D eigenvalue weighted by Crippen LogP contribution is -2.55. The van der Waals surface area contributed by atoms with Gasteiger partial charge in [0.25, 0.3) is 0 Å². The first kappa shape index (κ1) is 14.4. The molecule has 0 spiro atoms. The average Bonchev–Trinajstić information content (AvgIpc) is 2.14. The molecule has 0 bridgehead atoms. The zero-order valence-electron chi connectivity index (χ0n) is 9.48. The maximum Gasteiger partial charge on any atom is 0.323 e. The van der Waals surface area contributed by atoms with E-state index in [4.69, 9.17) is 10.2 Å². The van der Waals surface area contributed by atoms with Crippen molar-refractivity contribution >= 4 is 17.8 Å². The Balaban J connectivity index is 4.81. The Morgan fingerprint density at radius 3 is 1.75 bits per heavy atom. The number of aliphatic carboxylic acids is 2. The van der Waals surface area contributed by atoms with Gasteiger partial charge in [-0.3, -0.25) is 14.4 Å². The molecule has 0 saturated heterocycles. The Labute approximate surface area is 93.0 Å². The van der Waals surface area contributed by atoms with Gasteiger partial charge < -0.3 is 20.4 Å². The summed E-state index contributed by atoms with van der Waals surface area (Å²) < 4.78 is 0. The van der Waals surface area contributed by atoms with Crippen LogP contribution >= 0.6 is 0 Å². The normalized spacial score (nSPS) is 10.9. The SMILES string of the molecule is CNC(C)(C)C(=O)N(CC(=O)O)CC(=O)O. The molecule has 1 amide bonds. The molecule has 0 aliphatic carbocycles. The van der Waals surface area contributed by atoms with E-state index in [0.717, 1.165) is 4.90 Å². The molecule has 0 unspecified atom stereocenters. The zero-order chi connectivity index (χ0) is 12.9. The second-order valence-corrected chi connectivity index (χ2v) is 3.82. The Kier molecular flexibility index (Phi) is 4.90. The molecule has 16 heavy (non-hydrogen) atoms. The third-order valence-corrected chi connectivity index (χ3v) is 2.10. The summed E-state index contributed by atoms with van der Waals surface area (Å²) in [5.74, 6) is -3.07. The average molecular weight is 232 g/mol. The summed E-state index contributed by atoms with van der Waals surface area (Å²) in [6.45, 7) is 1.84. The van der Waals surface area contributed by atoms with Crippen LogP contribution in [0.3, 0.4) is 0 Å². The number of amides is 1. The highest BCUT2D eigenvalue weighted by molar-refractivity contribution is 5.90. The van der Waals surface area contributed by atoms with E-state index in [1.54, 1.807) is 13.8 Å². The van der Waals surface area contributed by atoms with E-state index in [1.807, 2.05) is 0 Å². The van der Waals surface area contributed by atoms with Crippen molar-refractivity contribution in [2.45, 2.75) is 19.4 Å². The molecule has 7 heteroatoms. The molecule has 0 aliphatic heterocycles. The summed E-state index contributed by atoms with van der Waals surface area (Å²) >= 11 is 0. The molecule has 0 radical (unpaired) electrons. The van der Waals surface area contributed by atoms with Crippen LogP contribution in [0.25, 0.3) is 0 Å². The van der Waals surface area contributed by atoms with Crippen molar-refractivity contribution in [1.29, 1.82) is 0 Å². The van der Waals surface area contributed by atoms with Gasteiger partial charge in [-0.05, 0) is 20.9 Å². The number of carboxylic acids is 2. The van der Waals surface area contributed by atoms with E-state index in [-0.39, 0.29) is 0 Å². The quantitative estimate of drug-likeness (QED) is 0.541. The van der Waals surface area contributed by atoms with Gasteiger partial charge in [0.15, 0.2) is 0 Å². The van der Waals surface area contributed by atoms with Crippen molar-refractivity contribution in [1.82, 2.24) is 10.2 Å².